The molecule has 0 radical (unpaired) electrons. The van der Waals surface area contributed by atoms with Gasteiger partial charge in [0.05, 0.1) is 10.6 Å². The number of aromatic nitrogens is 3. The van der Waals surface area contributed by atoms with Gasteiger partial charge in [-0.1, -0.05) is 23.9 Å². The molecule has 0 bridgehead atoms. The Kier molecular flexibility index (Phi) is 5.09. The van der Waals surface area contributed by atoms with Crippen LogP contribution >= 0.6 is 45.7 Å². The van der Waals surface area contributed by atoms with E-state index in [9.17, 15) is 4.79 Å². The fraction of sp³-hybridized carbons (Fsp3) is 0.235. The minimum absolute atomic E-state index is 0.0324. The normalized spacial score (nSPS) is 13.8. The number of anilines is 1. The van der Waals surface area contributed by atoms with Crippen LogP contribution < -0.4 is 5.32 Å². The van der Waals surface area contributed by atoms with E-state index < -0.39 is 0 Å². The molecular weight excluding hydrogens is 467 g/mol. The van der Waals surface area contributed by atoms with Crippen molar-refractivity contribution in [1.82, 2.24) is 14.8 Å². The maximum atomic E-state index is 12.2. The lowest BCUT2D eigenvalue weighted by Gasteiger charge is -2.08. The summed E-state index contributed by atoms with van der Waals surface area (Å²) in [6.07, 6.45) is 2.30. The van der Waals surface area contributed by atoms with Gasteiger partial charge in [0, 0.05) is 15.3 Å². The molecule has 128 valence electrons. The quantitative estimate of drug-likeness (QED) is 0.410. The number of hydrogen-bond donors (Lipinski definition) is 1. The Hall–Kier alpha value is -1.39. The molecule has 1 aliphatic carbocycles. The third-order valence-corrected chi connectivity index (χ3v) is 6.24. The second-order valence-corrected chi connectivity index (χ2v) is 8.87. The van der Waals surface area contributed by atoms with Crippen LogP contribution in [0.5, 0.6) is 0 Å². The number of rotatable bonds is 6. The van der Waals surface area contributed by atoms with Crippen molar-refractivity contribution in [3.63, 3.8) is 0 Å². The van der Waals surface area contributed by atoms with E-state index in [-0.39, 0.29) is 5.91 Å². The van der Waals surface area contributed by atoms with E-state index in [1.165, 1.54) is 11.8 Å². The van der Waals surface area contributed by atoms with E-state index in [2.05, 4.69) is 48.7 Å². The molecule has 1 amide bonds. The van der Waals surface area contributed by atoms with Crippen LogP contribution in [0, 0.1) is 3.57 Å². The minimum atomic E-state index is -0.0324. The molecule has 1 aliphatic rings. The fourth-order valence-corrected chi connectivity index (χ4v) is 4.56. The first kappa shape index (κ1) is 17.0. The van der Waals surface area contributed by atoms with E-state index in [4.69, 9.17) is 0 Å². The highest BCUT2D eigenvalue weighted by Gasteiger charge is 2.30. The SMILES string of the molecule is O=C(CSc1nnc(-c2cccs2)n1C1CC1)Nc1cccc(I)c1. The van der Waals surface area contributed by atoms with Gasteiger partial charge in [0.2, 0.25) is 5.91 Å². The number of carbonyl (C=O) groups is 1. The molecule has 1 saturated carbocycles. The summed E-state index contributed by atoms with van der Waals surface area (Å²) in [6.45, 7) is 0. The summed E-state index contributed by atoms with van der Waals surface area (Å²) in [7, 11) is 0. The molecule has 0 saturated heterocycles. The second kappa shape index (κ2) is 7.46. The summed E-state index contributed by atoms with van der Waals surface area (Å²) in [5.74, 6) is 1.20. The smallest absolute Gasteiger partial charge is 0.234 e. The number of thiophene rings is 1. The zero-order valence-corrected chi connectivity index (χ0v) is 17.0. The molecule has 1 aromatic carbocycles. The first-order valence-electron chi connectivity index (χ1n) is 7.88. The summed E-state index contributed by atoms with van der Waals surface area (Å²) in [4.78, 5) is 13.4. The van der Waals surface area contributed by atoms with E-state index in [0.717, 1.165) is 38.0 Å². The highest BCUT2D eigenvalue weighted by molar-refractivity contribution is 14.1. The lowest BCUT2D eigenvalue weighted by Crippen LogP contribution is -2.14. The highest BCUT2D eigenvalue weighted by Crippen LogP contribution is 2.41. The van der Waals surface area contributed by atoms with Crippen LogP contribution in [0.4, 0.5) is 5.69 Å². The van der Waals surface area contributed by atoms with Gasteiger partial charge < -0.3 is 5.32 Å². The third-order valence-electron chi connectivity index (χ3n) is 3.76. The lowest BCUT2D eigenvalue weighted by molar-refractivity contribution is -0.113. The second-order valence-electron chi connectivity index (χ2n) is 5.73. The van der Waals surface area contributed by atoms with Crippen LogP contribution in [0.25, 0.3) is 10.7 Å². The molecular formula is C17H15IN4OS2. The van der Waals surface area contributed by atoms with Crippen LogP contribution in [0.3, 0.4) is 0 Å². The molecule has 1 fully saturated rings. The molecule has 0 spiro atoms. The topological polar surface area (TPSA) is 59.8 Å². The first-order chi connectivity index (χ1) is 12.2. The molecule has 0 unspecified atom stereocenters. The summed E-state index contributed by atoms with van der Waals surface area (Å²) >= 11 is 5.34. The molecule has 1 N–H and O–H groups in total. The Morgan fingerprint density at radius 2 is 2.20 bits per heavy atom. The Morgan fingerprint density at radius 1 is 1.32 bits per heavy atom. The van der Waals surface area contributed by atoms with Gasteiger partial charge in [-0.05, 0) is 65.1 Å². The van der Waals surface area contributed by atoms with Gasteiger partial charge in [-0.25, -0.2) is 0 Å². The summed E-state index contributed by atoms with van der Waals surface area (Å²) in [6, 6.07) is 12.3. The maximum Gasteiger partial charge on any atom is 0.234 e. The highest BCUT2D eigenvalue weighted by atomic mass is 127. The lowest BCUT2D eigenvalue weighted by atomic mass is 10.3. The fourth-order valence-electron chi connectivity index (χ4n) is 2.50. The number of nitrogens with zero attached hydrogens (tertiary/aromatic N) is 3. The van der Waals surface area contributed by atoms with Crippen LogP contribution in [-0.4, -0.2) is 26.4 Å². The first-order valence-corrected chi connectivity index (χ1v) is 10.8. The Balaban J connectivity index is 1.45. The van der Waals surface area contributed by atoms with Gasteiger partial charge in [-0.15, -0.1) is 21.5 Å². The van der Waals surface area contributed by atoms with E-state index >= 15 is 0 Å². The molecule has 4 rings (SSSR count). The van der Waals surface area contributed by atoms with Crippen molar-refractivity contribution in [3.8, 4) is 10.7 Å². The molecule has 5 nitrogen and oxygen atoms in total. The Morgan fingerprint density at radius 3 is 2.92 bits per heavy atom. The number of halogens is 1. The van der Waals surface area contributed by atoms with Gasteiger partial charge in [0.25, 0.3) is 0 Å². The van der Waals surface area contributed by atoms with Crippen LogP contribution in [-0.2, 0) is 4.79 Å². The number of amides is 1. The predicted octanol–water partition coefficient (Wildman–Crippen LogP) is 4.68. The van der Waals surface area contributed by atoms with Crippen molar-refractivity contribution >= 4 is 57.3 Å². The van der Waals surface area contributed by atoms with Gasteiger partial charge in [0.1, 0.15) is 0 Å². The number of carbonyl (C=O) groups excluding carboxylic acids is 1. The van der Waals surface area contributed by atoms with Crippen LogP contribution in [0.15, 0.2) is 46.9 Å². The van der Waals surface area contributed by atoms with Crippen LogP contribution in [0.1, 0.15) is 18.9 Å². The average Bonchev–Trinajstić information content (AvgIpc) is 3.11. The monoisotopic (exact) mass is 482 g/mol. The summed E-state index contributed by atoms with van der Waals surface area (Å²) in [5, 5.41) is 14.5. The van der Waals surface area contributed by atoms with E-state index in [0.29, 0.717) is 11.8 Å². The largest absolute Gasteiger partial charge is 0.325 e. The minimum Gasteiger partial charge on any atom is -0.325 e. The van der Waals surface area contributed by atoms with Crippen molar-refractivity contribution in [2.24, 2.45) is 0 Å². The molecule has 0 aliphatic heterocycles. The Bertz CT molecular complexity index is 890. The van der Waals surface area contributed by atoms with Gasteiger partial charge in [-0.3, -0.25) is 9.36 Å². The zero-order valence-electron chi connectivity index (χ0n) is 13.2. The van der Waals surface area contributed by atoms with Crippen molar-refractivity contribution in [2.75, 3.05) is 11.1 Å². The predicted molar refractivity (Wildman–Crippen MR) is 110 cm³/mol. The van der Waals surface area contributed by atoms with E-state index in [1.807, 2.05) is 35.7 Å². The zero-order chi connectivity index (χ0) is 17.2. The number of nitrogens with one attached hydrogen (secondary N) is 1. The number of thioether (sulfide) groups is 1. The number of hydrogen-bond acceptors (Lipinski definition) is 5. The van der Waals surface area contributed by atoms with Crippen LogP contribution in [0.2, 0.25) is 0 Å². The van der Waals surface area contributed by atoms with Crippen molar-refractivity contribution in [1.29, 1.82) is 0 Å². The molecule has 0 atom stereocenters. The molecule has 2 heterocycles. The third kappa shape index (κ3) is 4.06. The standard InChI is InChI=1S/C17H15IN4OS2/c18-11-3-1-4-12(9-11)19-15(23)10-25-17-21-20-16(14-5-2-8-24-14)22(17)13-6-7-13/h1-5,8-9,13H,6-7,10H2,(H,19,23). The molecule has 3 aromatic rings. The summed E-state index contributed by atoms with van der Waals surface area (Å²) in [5.41, 5.74) is 0.820. The van der Waals surface area contributed by atoms with Gasteiger partial charge in [0.15, 0.2) is 11.0 Å². The molecule has 8 heteroatoms. The number of benzene rings is 1. The van der Waals surface area contributed by atoms with Crippen molar-refractivity contribution in [3.05, 3.63) is 45.3 Å². The van der Waals surface area contributed by atoms with Crippen molar-refractivity contribution in [2.45, 2.75) is 24.0 Å². The van der Waals surface area contributed by atoms with Crippen molar-refractivity contribution < 1.29 is 4.79 Å². The molecule has 25 heavy (non-hydrogen) atoms. The van der Waals surface area contributed by atoms with Gasteiger partial charge >= 0.3 is 0 Å². The van der Waals surface area contributed by atoms with E-state index in [1.54, 1.807) is 11.3 Å². The average molecular weight is 482 g/mol. The Labute approximate surface area is 167 Å². The summed E-state index contributed by atoms with van der Waals surface area (Å²) < 4.78 is 3.28. The maximum absolute atomic E-state index is 12.2. The van der Waals surface area contributed by atoms with Gasteiger partial charge in [-0.2, -0.15) is 0 Å². The molecule has 2 aromatic heterocycles.